The largest absolute Gasteiger partial charge is 0.356 e. The van der Waals surface area contributed by atoms with E-state index in [1.165, 1.54) is 16.9 Å². The van der Waals surface area contributed by atoms with Crippen LogP contribution >= 0.6 is 11.3 Å². The second-order valence-electron chi connectivity index (χ2n) is 6.52. The number of rotatable bonds is 7. The van der Waals surface area contributed by atoms with Gasteiger partial charge in [-0.05, 0) is 30.4 Å². The third-order valence-electron chi connectivity index (χ3n) is 4.75. The molecular formula is C20H21N5O2S. The van der Waals surface area contributed by atoms with Gasteiger partial charge in [-0.25, -0.2) is 0 Å². The Labute approximate surface area is 165 Å². The maximum Gasteiger partial charge on any atom is 0.272 e. The minimum atomic E-state index is -0.0439. The van der Waals surface area contributed by atoms with Crippen molar-refractivity contribution in [1.29, 1.82) is 0 Å². The molecule has 7 nitrogen and oxygen atoms in total. The Morgan fingerprint density at radius 2 is 1.96 bits per heavy atom. The summed E-state index contributed by atoms with van der Waals surface area (Å²) in [6.45, 7) is 3.04. The van der Waals surface area contributed by atoms with Crippen molar-refractivity contribution in [2.45, 2.75) is 32.7 Å². The van der Waals surface area contributed by atoms with Gasteiger partial charge in [0.25, 0.3) is 5.56 Å². The number of aryl methyl sites for hydroxylation is 2. The Balaban J connectivity index is 1.47. The molecule has 28 heavy (non-hydrogen) atoms. The Morgan fingerprint density at radius 1 is 1.14 bits per heavy atom. The molecule has 1 N–H and O–H groups in total. The van der Waals surface area contributed by atoms with Crippen LogP contribution in [0.1, 0.15) is 24.7 Å². The third-order valence-corrected chi connectivity index (χ3v) is 5.64. The normalized spacial score (nSPS) is 11.3. The van der Waals surface area contributed by atoms with E-state index in [0.717, 1.165) is 11.9 Å². The number of nitrogens with zero attached hydrogens (tertiary/aromatic N) is 4. The number of thiophene rings is 1. The monoisotopic (exact) mass is 395 g/mol. The molecule has 1 aromatic carbocycles. The number of amides is 1. The molecule has 0 aliphatic carbocycles. The molecule has 0 unspecified atom stereocenters. The standard InChI is InChI=1S/C20H21N5O2S/c1-2-24-19(27)18-15(11-13-28-18)25-16(22-23-20(24)25)8-9-17(26)21-12-10-14-6-4-3-5-7-14/h3-7,11,13H,2,8-10,12H2,1H3,(H,21,26). The fraction of sp³-hybridized carbons (Fsp3) is 0.300. The topological polar surface area (TPSA) is 81.3 Å². The molecule has 0 saturated heterocycles. The summed E-state index contributed by atoms with van der Waals surface area (Å²) in [6.07, 6.45) is 1.59. The SMILES string of the molecule is CCn1c(=O)c2sccc2n2c(CCC(=O)NCCc3ccccc3)nnc12. The molecule has 0 atom stereocenters. The summed E-state index contributed by atoms with van der Waals surface area (Å²) in [6, 6.07) is 12.0. The average Bonchev–Trinajstić information content (AvgIpc) is 3.35. The number of carbonyl (C=O) groups excluding carboxylic acids is 1. The van der Waals surface area contributed by atoms with E-state index in [2.05, 4.69) is 15.5 Å². The van der Waals surface area contributed by atoms with Crippen LogP contribution in [0.5, 0.6) is 0 Å². The molecule has 0 bridgehead atoms. The number of hydrogen-bond donors (Lipinski definition) is 1. The molecule has 4 rings (SSSR count). The van der Waals surface area contributed by atoms with E-state index in [4.69, 9.17) is 0 Å². The second-order valence-corrected chi connectivity index (χ2v) is 7.44. The maximum atomic E-state index is 12.6. The number of fused-ring (bicyclic) bond motifs is 3. The number of aromatic nitrogens is 4. The number of hydrogen-bond acceptors (Lipinski definition) is 5. The Hall–Kier alpha value is -3.00. The van der Waals surface area contributed by atoms with Crippen molar-refractivity contribution in [3.8, 4) is 0 Å². The highest BCUT2D eigenvalue weighted by molar-refractivity contribution is 7.17. The van der Waals surface area contributed by atoms with Gasteiger partial charge in [0.1, 0.15) is 10.5 Å². The Bertz CT molecular complexity index is 1180. The summed E-state index contributed by atoms with van der Waals surface area (Å²) in [5.41, 5.74) is 1.96. The van der Waals surface area contributed by atoms with Crippen LogP contribution in [0, 0.1) is 0 Å². The molecule has 1 amide bonds. The molecule has 0 saturated carbocycles. The predicted molar refractivity (Wildman–Crippen MR) is 110 cm³/mol. The molecule has 0 spiro atoms. The molecular weight excluding hydrogens is 374 g/mol. The molecule has 0 radical (unpaired) electrons. The average molecular weight is 395 g/mol. The van der Waals surface area contributed by atoms with Crippen molar-refractivity contribution in [3.05, 3.63) is 63.5 Å². The van der Waals surface area contributed by atoms with Gasteiger partial charge in [0, 0.05) is 25.9 Å². The van der Waals surface area contributed by atoms with Gasteiger partial charge in [0.2, 0.25) is 11.7 Å². The summed E-state index contributed by atoms with van der Waals surface area (Å²) in [4.78, 5) is 24.8. The first-order chi connectivity index (χ1) is 13.7. The minimum Gasteiger partial charge on any atom is -0.356 e. The quantitative estimate of drug-likeness (QED) is 0.521. The number of nitrogens with one attached hydrogen (secondary N) is 1. The Kier molecular flexibility index (Phi) is 5.21. The van der Waals surface area contributed by atoms with Crippen LogP contribution in [0.3, 0.4) is 0 Å². The van der Waals surface area contributed by atoms with Gasteiger partial charge in [-0.15, -0.1) is 21.5 Å². The molecule has 0 aliphatic heterocycles. The van der Waals surface area contributed by atoms with Gasteiger partial charge in [0.15, 0.2) is 0 Å². The van der Waals surface area contributed by atoms with Crippen molar-refractivity contribution in [2.24, 2.45) is 0 Å². The molecule has 4 aromatic rings. The molecule has 0 aliphatic rings. The smallest absolute Gasteiger partial charge is 0.272 e. The fourth-order valence-corrected chi connectivity index (χ4v) is 4.16. The van der Waals surface area contributed by atoms with Gasteiger partial charge in [-0.3, -0.25) is 18.6 Å². The summed E-state index contributed by atoms with van der Waals surface area (Å²) < 4.78 is 4.20. The Morgan fingerprint density at radius 3 is 2.75 bits per heavy atom. The highest BCUT2D eigenvalue weighted by atomic mass is 32.1. The van der Waals surface area contributed by atoms with Crippen molar-refractivity contribution in [3.63, 3.8) is 0 Å². The highest BCUT2D eigenvalue weighted by Gasteiger charge is 2.17. The zero-order chi connectivity index (χ0) is 19.5. The van der Waals surface area contributed by atoms with E-state index in [1.807, 2.05) is 53.1 Å². The number of benzene rings is 1. The summed E-state index contributed by atoms with van der Waals surface area (Å²) in [5, 5.41) is 13.3. The van der Waals surface area contributed by atoms with Gasteiger partial charge in [0.05, 0.1) is 5.52 Å². The van der Waals surface area contributed by atoms with Gasteiger partial charge in [-0.1, -0.05) is 30.3 Å². The van der Waals surface area contributed by atoms with Crippen LogP contribution in [-0.2, 0) is 24.2 Å². The molecule has 3 heterocycles. The maximum absolute atomic E-state index is 12.6. The minimum absolute atomic E-state index is 0.0157. The zero-order valence-electron chi connectivity index (χ0n) is 15.6. The second kappa shape index (κ2) is 7.93. The van der Waals surface area contributed by atoms with E-state index in [9.17, 15) is 9.59 Å². The van der Waals surface area contributed by atoms with Crippen LogP contribution in [0.15, 0.2) is 46.6 Å². The molecule has 8 heteroatoms. The first kappa shape index (κ1) is 18.4. The summed E-state index contributed by atoms with van der Waals surface area (Å²) in [7, 11) is 0. The van der Waals surface area contributed by atoms with Crippen LogP contribution in [0.25, 0.3) is 16.0 Å². The van der Waals surface area contributed by atoms with E-state index >= 15 is 0 Å². The van der Waals surface area contributed by atoms with Crippen molar-refractivity contribution < 1.29 is 4.79 Å². The van der Waals surface area contributed by atoms with Crippen LogP contribution in [0.4, 0.5) is 0 Å². The van der Waals surface area contributed by atoms with Crippen molar-refractivity contribution in [1.82, 2.24) is 24.5 Å². The predicted octanol–water partition coefficient (Wildman–Crippen LogP) is 2.42. The van der Waals surface area contributed by atoms with E-state index in [-0.39, 0.29) is 11.5 Å². The fourth-order valence-electron chi connectivity index (χ4n) is 3.33. The van der Waals surface area contributed by atoms with Crippen molar-refractivity contribution in [2.75, 3.05) is 6.54 Å². The van der Waals surface area contributed by atoms with Crippen LogP contribution in [-0.4, -0.2) is 31.6 Å². The summed E-state index contributed by atoms with van der Waals surface area (Å²) in [5.74, 6) is 1.20. The summed E-state index contributed by atoms with van der Waals surface area (Å²) >= 11 is 1.41. The van der Waals surface area contributed by atoms with Crippen molar-refractivity contribution >= 4 is 33.2 Å². The van der Waals surface area contributed by atoms with Gasteiger partial charge >= 0.3 is 0 Å². The lowest BCUT2D eigenvalue weighted by molar-refractivity contribution is -0.121. The van der Waals surface area contributed by atoms with Gasteiger partial charge in [-0.2, -0.15) is 0 Å². The third kappa shape index (κ3) is 3.43. The van der Waals surface area contributed by atoms with Crippen LogP contribution < -0.4 is 10.9 Å². The lowest BCUT2D eigenvalue weighted by atomic mass is 10.1. The molecule has 3 aromatic heterocycles. The first-order valence-corrected chi connectivity index (χ1v) is 10.2. The zero-order valence-corrected chi connectivity index (χ0v) is 16.4. The van der Waals surface area contributed by atoms with Gasteiger partial charge < -0.3 is 5.32 Å². The van der Waals surface area contributed by atoms with Crippen LogP contribution in [0.2, 0.25) is 0 Å². The lowest BCUT2D eigenvalue weighted by Gasteiger charge is -2.07. The lowest BCUT2D eigenvalue weighted by Crippen LogP contribution is -2.26. The molecule has 144 valence electrons. The van der Waals surface area contributed by atoms with E-state index in [0.29, 0.717) is 42.2 Å². The van der Waals surface area contributed by atoms with E-state index in [1.54, 1.807) is 4.57 Å². The first-order valence-electron chi connectivity index (χ1n) is 9.33. The van der Waals surface area contributed by atoms with E-state index < -0.39 is 0 Å². The highest BCUT2D eigenvalue weighted by Crippen LogP contribution is 2.20. The number of carbonyl (C=O) groups is 1. The molecule has 0 fully saturated rings.